The molecule has 0 unspecified atom stereocenters. The second kappa shape index (κ2) is 6.76. The minimum atomic E-state index is -0.443. The van der Waals surface area contributed by atoms with Crippen LogP contribution in [-0.4, -0.2) is 43.5 Å². The summed E-state index contributed by atoms with van der Waals surface area (Å²) in [7, 11) is 0. The molecule has 2 fully saturated rings. The molecule has 0 aliphatic carbocycles. The van der Waals surface area contributed by atoms with Crippen LogP contribution in [-0.2, 0) is 9.47 Å². The number of alkyl carbamates (subject to hydrolysis) is 1. The molecule has 0 spiro atoms. The molecule has 2 heterocycles. The summed E-state index contributed by atoms with van der Waals surface area (Å²) >= 11 is 0. The smallest absolute Gasteiger partial charge is 0.407 e. The monoisotopic (exact) mass is 284 g/mol. The van der Waals surface area contributed by atoms with Crippen LogP contribution in [0.2, 0.25) is 0 Å². The Kier molecular flexibility index (Phi) is 5.27. The van der Waals surface area contributed by atoms with Crippen LogP contribution in [0.5, 0.6) is 0 Å². The van der Waals surface area contributed by atoms with E-state index in [0.29, 0.717) is 5.92 Å². The summed E-state index contributed by atoms with van der Waals surface area (Å²) in [5.74, 6) is 0.576. The SMILES string of the molecule is CC(C)(C)OC(=O)N[C@@H]1CCO[C@@H]([C@H]2CCCNC2)C1. The molecule has 2 N–H and O–H groups in total. The van der Waals surface area contributed by atoms with Gasteiger partial charge in [0, 0.05) is 19.2 Å². The lowest BCUT2D eigenvalue weighted by Gasteiger charge is -2.37. The molecule has 0 aromatic carbocycles. The predicted octanol–water partition coefficient (Wildman–Crippen LogP) is 2.06. The van der Waals surface area contributed by atoms with E-state index in [1.54, 1.807) is 0 Å². The van der Waals surface area contributed by atoms with E-state index in [0.717, 1.165) is 32.5 Å². The van der Waals surface area contributed by atoms with Gasteiger partial charge in [0.05, 0.1) is 6.10 Å². The number of rotatable bonds is 2. The van der Waals surface area contributed by atoms with Gasteiger partial charge in [-0.3, -0.25) is 0 Å². The summed E-state index contributed by atoms with van der Waals surface area (Å²) in [6, 6.07) is 0.172. The molecular formula is C15H28N2O3. The third-order valence-corrected chi connectivity index (χ3v) is 3.90. The van der Waals surface area contributed by atoms with Crippen LogP contribution in [0.3, 0.4) is 0 Å². The highest BCUT2D eigenvalue weighted by Crippen LogP contribution is 2.25. The lowest BCUT2D eigenvalue weighted by molar-refractivity contribution is -0.0393. The molecule has 2 aliphatic rings. The van der Waals surface area contributed by atoms with Crippen LogP contribution < -0.4 is 10.6 Å². The molecule has 2 aliphatic heterocycles. The van der Waals surface area contributed by atoms with Gasteiger partial charge in [0.25, 0.3) is 0 Å². The number of carbonyl (C=O) groups excluding carboxylic acids is 1. The molecule has 0 bridgehead atoms. The number of piperidine rings is 1. The number of carbonyl (C=O) groups is 1. The van der Waals surface area contributed by atoms with E-state index in [1.807, 2.05) is 20.8 Å². The van der Waals surface area contributed by atoms with Crippen molar-refractivity contribution in [3.8, 4) is 0 Å². The standard InChI is InChI=1S/C15H28N2O3/c1-15(2,3)20-14(18)17-12-6-8-19-13(9-12)11-5-4-7-16-10-11/h11-13,16H,4-10H2,1-3H3,(H,17,18)/t11-,12+,13+/m0/s1. The van der Waals surface area contributed by atoms with Gasteiger partial charge in [-0.15, -0.1) is 0 Å². The van der Waals surface area contributed by atoms with Crippen LogP contribution in [0.15, 0.2) is 0 Å². The first-order chi connectivity index (χ1) is 9.44. The summed E-state index contributed by atoms with van der Waals surface area (Å²) < 4.78 is 11.2. The number of amides is 1. The normalized spacial score (nSPS) is 31.6. The van der Waals surface area contributed by atoms with Crippen molar-refractivity contribution in [1.29, 1.82) is 0 Å². The van der Waals surface area contributed by atoms with Gasteiger partial charge in [0.15, 0.2) is 0 Å². The summed E-state index contributed by atoms with van der Waals surface area (Å²) in [4.78, 5) is 11.8. The maximum Gasteiger partial charge on any atom is 0.407 e. The molecule has 2 saturated heterocycles. The highest BCUT2D eigenvalue weighted by atomic mass is 16.6. The quantitative estimate of drug-likeness (QED) is 0.815. The lowest BCUT2D eigenvalue weighted by atomic mass is 9.88. The van der Waals surface area contributed by atoms with E-state index < -0.39 is 5.60 Å². The minimum absolute atomic E-state index is 0.172. The Morgan fingerprint density at radius 2 is 2.15 bits per heavy atom. The van der Waals surface area contributed by atoms with Crippen LogP contribution in [0, 0.1) is 5.92 Å². The van der Waals surface area contributed by atoms with Gasteiger partial charge in [-0.1, -0.05) is 0 Å². The molecule has 0 aromatic rings. The predicted molar refractivity (Wildman–Crippen MR) is 77.7 cm³/mol. The van der Waals surface area contributed by atoms with Crippen LogP contribution in [0.25, 0.3) is 0 Å². The molecule has 1 amide bonds. The molecule has 3 atom stereocenters. The highest BCUT2D eigenvalue weighted by Gasteiger charge is 2.31. The Balaban J connectivity index is 1.79. The highest BCUT2D eigenvalue weighted by molar-refractivity contribution is 5.68. The van der Waals surface area contributed by atoms with E-state index in [2.05, 4.69) is 10.6 Å². The van der Waals surface area contributed by atoms with Gasteiger partial charge < -0.3 is 20.1 Å². The number of nitrogens with one attached hydrogen (secondary N) is 2. The fourth-order valence-electron chi connectivity index (χ4n) is 2.96. The van der Waals surface area contributed by atoms with Crippen molar-refractivity contribution in [3.05, 3.63) is 0 Å². The Morgan fingerprint density at radius 3 is 2.80 bits per heavy atom. The maximum absolute atomic E-state index is 11.8. The van der Waals surface area contributed by atoms with Crippen molar-refractivity contribution in [2.24, 2.45) is 5.92 Å². The van der Waals surface area contributed by atoms with Crippen molar-refractivity contribution in [2.75, 3.05) is 19.7 Å². The Labute approximate surface area is 121 Å². The van der Waals surface area contributed by atoms with Gasteiger partial charge in [0.2, 0.25) is 0 Å². The molecular weight excluding hydrogens is 256 g/mol. The fourth-order valence-corrected chi connectivity index (χ4v) is 2.96. The Bertz CT molecular complexity index is 322. The second-order valence-corrected chi connectivity index (χ2v) is 6.88. The molecule has 0 aromatic heterocycles. The summed E-state index contributed by atoms with van der Waals surface area (Å²) in [6.07, 6.45) is 4.15. The first-order valence-electron chi connectivity index (χ1n) is 7.76. The largest absolute Gasteiger partial charge is 0.444 e. The van der Waals surface area contributed by atoms with Crippen LogP contribution >= 0.6 is 0 Å². The summed E-state index contributed by atoms with van der Waals surface area (Å²) in [6.45, 7) is 8.52. The van der Waals surface area contributed by atoms with Gasteiger partial charge in [0.1, 0.15) is 5.60 Å². The van der Waals surface area contributed by atoms with E-state index in [4.69, 9.17) is 9.47 Å². The molecule has 0 saturated carbocycles. The molecule has 20 heavy (non-hydrogen) atoms. The van der Waals surface area contributed by atoms with Gasteiger partial charge >= 0.3 is 6.09 Å². The van der Waals surface area contributed by atoms with Crippen molar-refractivity contribution in [3.63, 3.8) is 0 Å². The van der Waals surface area contributed by atoms with Gasteiger partial charge in [-0.2, -0.15) is 0 Å². The Morgan fingerprint density at radius 1 is 1.35 bits per heavy atom. The Hall–Kier alpha value is -0.810. The molecule has 116 valence electrons. The van der Waals surface area contributed by atoms with E-state index >= 15 is 0 Å². The van der Waals surface area contributed by atoms with Crippen molar-refractivity contribution in [2.45, 2.75) is 64.2 Å². The maximum atomic E-state index is 11.8. The number of ether oxygens (including phenoxy) is 2. The van der Waals surface area contributed by atoms with E-state index in [9.17, 15) is 4.79 Å². The minimum Gasteiger partial charge on any atom is -0.444 e. The summed E-state index contributed by atoms with van der Waals surface area (Å²) in [5, 5.41) is 6.41. The first-order valence-corrected chi connectivity index (χ1v) is 7.76. The number of hydrogen-bond donors (Lipinski definition) is 2. The molecule has 2 rings (SSSR count). The van der Waals surface area contributed by atoms with Gasteiger partial charge in [-0.25, -0.2) is 4.79 Å². The first kappa shape index (κ1) is 15.6. The van der Waals surface area contributed by atoms with Crippen molar-refractivity contribution >= 4 is 6.09 Å². The van der Waals surface area contributed by atoms with Crippen molar-refractivity contribution in [1.82, 2.24) is 10.6 Å². The molecule has 0 radical (unpaired) electrons. The van der Waals surface area contributed by atoms with Crippen molar-refractivity contribution < 1.29 is 14.3 Å². The zero-order valence-electron chi connectivity index (χ0n) is 12.9. The molecule has 5 heteroatoms. The zero-order chi connectivity index (χ0) is 14.6. The van der Waals surface area contributed by atoms with E-state index in [-0.39, 0.29) is 18.2 Å². The van der Waals surface area contributed by atoms with E-state index in [1.165, 1.54) is 12.8 Å². The molecule has 5 nitrogen and oxygen atoms in total. The van der Waals surface area contributed by atoms with Crippen LogP contribution in [0.1, 0.15) is 46.5 Å². The average molecular weight is 284 g/mol. The van der Waals surface area contributed by atoms with Gasteiger partial charge in [-0.05, 0) is 58.9 Å². The van der Waals surface area contributed by atoms with Crippen LogP contribution in [0.4, 0.5) is 4.79 Å². The summed E-state index contributed by atoms with van der Waals surface area (Å²) in [5.41, 5.74) is -0.443. The lowest BCUT2D eigenvalue weighted by Crippen LogP contribution is -2.48. The third kappa shape index (κ3) is 4.94. The average Bonchev–Trinajstić information content (AvgIpc) is 2.38. The fraction of sp³-hybridized carbons (Fsp3) is 0.933. The topological polar surface area (TPSA) is 59.6 Å². The zero-order valence-corrected chi connectivity index (χ0v) is 12.9. The second-order valence-electron chi connectivity index (χ2n) is 6.88. The third-order valence-electron chi connectivity index (χ3n) is 3.90. The number of hydrogen-bond acceptors (Lipinski definition) is 4.